The van der Waals surface area contributed by atoms with Gasteiger partial charge in [-0.1, -0.05) is 12.1 Å². The first-order valence-electron chi connectivity index (χ1n) is 6.20. The zero-order chi connectivity index (χ0) is 14.6. The smallest absolute Gasteiger partial charge is 0.242 e. The lowest BCUT2D eigenvalue weighted by atomic mass is 9.94. The molecule has 0 bridgehead atoms. The van der Waals surface area contributed by atoms with E-state index in [0.717, 1.165) is 5.56 Å². The Morgan fingerprint density at radius 1 is 1.47 bits per heavy atom. The highest BCUT2D eigenvalue weighted by Crippen LogP contribution is 2.17. The second-order valence-corrected chi connectivity index (χ2v) is 5.30. The fraction of sp³-hybridized carbons (Fsp3) is 0.467. The van der Waals surface area contributed by atoms with Crippen LogP contribution in [0.4, 0.5) is 4.39 Å². The minimum absolute atomic E-state index is 0.200. The molecule has 0 aromatic heterocycles. The molecule has 0 unspecified atom stereocenters. The predicted octanol–water partition coefficient (Wildman–Crippen LogP) is 2.68. The van der Waals surface area contributed by atoms with Crippen molar-refractivity contribution >= 4 is 5.91 Å². The minimum Gasteiger partial charge on any atom is -0.344 e. The summed E-state index contributed by atoms with van der Waals surface area (Å²) in [5.74, 6) is -0.423. The van der Waals surface area contributed by atoms with Crippen molar-refractivity contribution < 1.29 is 9.18 Å². The third kappa shape index (κ3) is 3.78. The van der Waals surface area contributed by atoms with E-state index in [-0.39, 0.29) is 11.7 Å². The summed E-state index contributed by atoms with van der Waals surface area (Å²) in [6.07, 6.45) is 0.644. The standard InChI is InChI=1S/C15H19FN2O/c1-11-9-12(5-6-13(11)16)7-8-18(4)14(19)15(2,3)10-17/h5-6,9H,7-8H2,1-4H3. The van der Waals surface area contributed by atoms with Crippen LogP contribution in [0.25, 0.3) is 0 Å². The fourth-order valence-corrected chi connectivity index (χ4v) is 1.79. The zero-order valence-electron chi connectivity index (χ0n) is 11.8. The monoisotopic (exact) mass is 262 g/mol. The molecule has 0 aliphatic carbocycles. The minimum atomic E-state index is -1.01. The molecule has 1 aromatic carbocycles. The molecule has 1 aromatic rings. The number of nitrogens with zero attached hydrogens (tertiary/aromatic N) is 2. The van der Waals surface area contributed by atoms with Gasteiger partial charge in [0.1, 0.15) is 11.2 Å². The number of rotatable bonds is 4. The van der Waals surface area contributed by atoms with Crippen molar-refractivity contribution in [2.24, 2.45) is 5.41 Å². The van der Waals surface area contributed by atoms with Gasteiger partial charge in [0, 0.05) is 13.6 Å². The first-order chi connectivity index (χ1) is 8.77. The van der Waals surface area contributed by atoms with E-state index in [0.29, 0.717) is 18.5 Å². The van der Waals surface area contributed by atoms with Gasteiger partial charge in [-0.2, -0.15) is 5.26 Å². The van der Waals surface area contributed by atoms with Gasteiger partial charge in [-0.3, -0.25) is 4.79 Å². The lowest BCUT2D eigenvalue weighted by Crippen LogP contribution is -2.38. The lowest BCUT2D eigenvalue weighted by Gasteiger charge is -2.24. The average molecular weight is 262 g/mol. The summed E-state index contributed by atoms with van der Waals surface area (Å²) in [7, 11) is 1.68. The Morgan fingerprint density at radius 3 is 2.63 bits per heavy atom. The first kappa shape index (κ1) is 15.2. The third-order valence-electron chi connectivity index (χ3n) is 3.12. The number of carbonyl (C=O) groups excluding carboxylic acids is 1. The van der Waals surface area contributed by atoms with Crippen molar-refractivity contribution in [1.29, 1.82) is 5.26 Å². The van der Waals surface area contributed by atoms with E-state index in [2.05, 4.69) is 0 Å². The number of hydrogen-bond donors (Lipinski definition) is 0. The highest BCUT2D eigenvalue weighted by molar-refractivity contribution is 5.84. The normalized spacial score (nSPS) is 10.9. The van der Waals surface area contributed by atoms with E-state index in [1.54, 1.807) is 44.9 Å². The van der Waals surface area contributed by atoms with Gasteiger partial charge < -0.3 is 4.90 Å². The van der Waals surface area contributed by atoms with Crippen molar-refractivity contribution in [2.75, 3.05) is 13.6 Å². The second-order valence-electron chi connectivity index (χ2n) is 5.30. The number of halogens is 1. The van der Waals surface area contributed by atoms with Crippen LogP contribution in [0.2, 0.25) is 0 Å². The van der Waals surface area contributed by atoms with Crippen LogP contribution in [0.5, 0.6) is 0 Å². The Balaban J connectivity index is 2.64. The maximum Gasteiger partial charge on any atom is 0.242 e. The van der Waals surface area contributed by atoms with Crippen LogP contribution in [-0.2, 0) is 11.2 Å². The molecule has 0 saturated carbocycles. The molecule has 0 saturated heterocycles. The number of carbonyl (C=O) groups is 1. The van der Waals surface area contributed by atoms with E-state index in [4.69, 9.17) is 5.26 Å². The Morgan fingerprint density at radius 2 is 2.11 bits per heavy atom. The average Bonchev–Trinajstić information content (AvgIpc) is 2.38. The summed E-state index contributed by atoms with van der Waals surface area (Å²) in [4.78, 5) is 13.5. The fourth-order valence-electron chi connectivity index (χ4n) is 1.79. The van der Waals surface area contributed by atoms with Gasteiger partial charge in [0.15, 0.2) is 0 Å². The number of nitriles is 1. The lowest BCUT2D eigenvalue weighted by molar-refractivity contribution is -0.136. The molecule has 0 heterocycles. The van der Waals surface area contributed by atoms with Crippen LogP contribution in [0.1, 0.15) is 25.0 Å². The van der Waals surface area contributed by atoms with Gasteiger partial charge in [0.2, 0.25) is 5.91 Å². The molecule has 0 atom stereocenters. The van der Waals surface area contributed by atoms with Gasteiger partial charge in [-0.15, -0.1) is 0 Å². The summed E-state index contributed by atoms with van der Waals surface area (Å²) in [6, 6.07) is 6.93. The summed E-state index contributed by atoms with van der Waals surface area (Å²) in [5, 5.41) is 8.93. The largest absolute Gasteiger partial charge is 0.344 e. The number of likely N-dealkylation sites (N-methyl/N-ethyl adjacent to an activating group) is 1. The number of hydrogen-bond acceptors (Lipinski definition) is 2. The number of benzene rings is 1. The molecule has 19 heavy (non-hydrogen) atoms. The van der Waals surface area contributed by atoms with Crippen molar-refractivity contribution in [2.45, 2.75) is 27.2 Å². The first-order valence-corrected chi connectivity index (χ1v) is 6.20. The van der Waals surface area contributed by atoms with Crippen molar-refractivity contribution in [3.63, 3.8) is 0 Å². The second kappa shape index (κ2) is 5.83. The highest BCUT2D eigenvalue weighted by Gasteiger charge is 2.29. The summed E-state index contributed by atoms with van der Waals surface area (Å²) >= 11 is 0. The Labute approximate surface area is 113 Å². The quantitative estimate of drug-likeness (QED) is 0.837. The molecule has 4 heteroatoms. The molecule has 3 nitrogen and oxygen atoms in total. The van der Waals surface area contributed by atoms with Gasteiger partial charge in [-0.05, 0) is 44.4 Å². The van der Waals surface area contributed by atoms with Crippen molar-refractivity contribution in [1.82, 2.24) is 4.90 Å². The van der Waals surface area contributed by atoms with Gasteiger partial charge >= 0.3 is 0 Å². The molecule has 1 amide bonds. The topological polar surface area (TPSA) is 44.1 Å². The van der Waals surface area contributed by atoms with E-state index < -0.39 is 5.41 Å². The third-order valence-corrected chi connectivity index (χ3v) is 3.12. The Hall–Kier alpha value is -1.89. The van der Waals surface area contributed by atoms with Crippen LogP contribution in [0, 0.1) is 29.5 Å². The molecule has 102 valence electrons. The van der Waals surface area contributed by atoms with Crippen LogP contribution >= 0.6 is 0 Å². The van der Waals surface area contributed by atoms with E-state index in [1.165, 1.54) is 6.07 Å². The maximum atomic E-state index is 13.1. The van der Waals surface area contributed by atoms with Gasteiger partial charge in [0.05, 0.1) is 6.07 Å². The summed E-state index contributed by atoms with van der Waals surface area (Å²) in [5.41, 5.74) is 0.574. The molecular formula is C15H19FN2O. The SMILES string of the molecule is Cc1cc(CCN(C)C(=O)C(C)(C)C#N)ccc1F. The molecule has 0 radical (unpaired) electrons. The van der Waals surface area contributed by atoms with Gasteiger partial charge in [0.25, 0.3) is 0 Å². The highest BCUT2D eigenvalue weighted by atomic mass is 19.1. The molecule has 0 fully saturated rings. The number of amides is 1. The van der Waals surface area contributed by atoms with E-state index >= 15 is 0 Å². The predicted molar refractivity (Wildman–Crippen MR) is 71.9 cm³/mol. The van der Waals surface area contributed by atoms with Gasteiger partial charge in [-0.25, -0.2) is 4.39 Å². The van der Waals surface area contributed by atoms with Crippen molar-refractivity contribution in [3.05, 3.63) is 35.1 Å². The Bertz CT molecular complexity index is 517. The zero-order valence-corrected chi connectivity index (χ0v) is 11.8. The van der Waals surface area contributed by atoms with Crippen LogP contribution in [0.15, 0.2) is 18.2 Å². The van der Waals surface area contributed by atoms with Crippen molar-refractivity contribution in [3.8, 4) is 6.07 Å². The molecule has 0 aliphatic heterocycles. The van der Waals surface area contributed by atoms with Crippen LogP contribution < -0.4 is 0 Å². The van der Waals surface area contributed by atoms with Crippen LogP contribution in [-0.4, -0.2) is 24.4 Å². The maximum absolute atomic E-state index is 13.1. The van der Waals surface area contributed by atoms with E-state index in [1.807, 2.05) is 6.07 Å². The van der Waals surface area contributed by atoms with Crippen LogP contribution in [0.3, 0.4) is 0 Å². The molecule has 0 aliphatic rings. The Kier molecular flexibility index (Phi) is 4.66. The summed E-state index contributed by atoms with van der Waals surface area (Å²) < 4.78 is 13.1. The number of aryl methyl sites for hydroxylation is 1. The molecule has 1 rings (SSSR count). The molecule has 0 spiro atoms. The summed E-state index contributed by atoms with van der Waals surface area (Å²) in [6.45, 7) is 5.43. The van der Waals surface area contributed by atoms with E-state index in [9.17, 15) is 9.18 Å². The molecular weight excluding hydrogens is 243 g/mol. The molecule has 0 N–H and O–H groups in total.